The monoisotopic (exact) mass is 520 g/mol. The minimum absolute atomic E-state index is 0.138. The number of anilines is 1. The highest BCUT2D eigenvalue weighted by Crippen LogP contribution is 2.28. The molecule has 2 heterocycles. The highest BCUT2D eigenvalue weighted by molar-refractivity contribution is 6.30. The van der Waals surface area contributed by atoms with Crippen LogP contribution in [-0.2, 0) is 19.6 Å². The predicted octanol–water partition coefficient (Wildman–Crippen LogP) is 5.90. The van der Waals surface area contributed by atoms with Gasteiger partial charge >= 0.3 is 5.97 Å². The molecule has 196 valence electrons. The fourth-order valence-electron chi connectivity index (χ4n) is 4.92. The number of halogens is 1. The molecule has 0 radical (unpaired) electrons. The Balaban J connectivity index is 1.32. The van der Waals surface area contributed by atoms with Gasteiger partial charge in [0.05, 0.1) is 0 Å². The second-order valence-corrected chi connectivity index (χ2v) is 10.5. The summed E-state index contributed by atoms with van der Waals surface area (Å²) in [7, 11) is 0. The number of hydrogen-bond acceptors (Lipinski definition) is 5. The molecule has 1 aliphatic rings. The first-order chi connectivity index (χ1) is 17.8. The van der Waals surface area contributed by atoms with Crippen molar-refractivity contribution in [1.29, 1.82) is 0 Å². The molecular formula is C30H37ClN4O2. The Morgan fingerprint density at radius 1 is 0.946 bits per heavy atom. The third-order valence-corrected chi connectivity index (χ3v) is 7.32. The molecule has 1 aliphatic heterocycles. The molecule has 1 fully saturated rings. The number of pyridine rings is 1. The van der Waals surface area contributed by atoms with Crippen molar-refractivity contribution in [3.05, 3.63) is 93.6 Å². The Morgan fingerprint density at radius 3 is 2.05 bits per heavy atom. The van der Waals surface area contributed by atoms with Crippen LogP contribution in [0.25, 0.3) is 0 Å². The van der Waals surface area contributed by atoms with E-state index in [4.69, 9.17) is 11.6 Å². The van der Waals surface area contributed by atoms with Gasteiger partial charge in [0, 0.05) is 57.0 Å². The van der Waals surface area contributed by atoms with E-state index in [1.165, 1.54) is 16.7 Å². The summed E-state index contributed by atoms with van der Waals surface area (Å²) in [5.74, 6) is -0.162. The van der Waals surface area contributed by atoms with Crippen LogP contribution in [0.3, 0.4) is 0 Å². The largest absolute Gasteiger partial charge is 0.478 e. The molecule has 0 spiro atoms. The van der Waals surface area contributed by atoms with Crippen LogP contribution in [-0.4, -0.2) is 58.6 Å². The first kappa shape index (κ1) is 27.1. The Labute approximate surface area is 225 Å². The molecule has 1 N–H and O–H groups in total. The Bertz CT molecular complexity index is 1170. The summed E-state index contributed by atoms with van der Waals surface area (Å²) in [5, 5.41) is 10.6. The number of aromatic nitrogens is 1. The number of nitrogens with zero attached hydrogens (tertiary/aromatic N) is 4. The lowest BCUT2D eigenvalue weighted by molar-refractivity contribution is 0.0695. The first-order valence-electron chi connectivity index (χ1n) is 13.1. The van der Waals surface area contributed by atoms with Gasteiger partial charge in [-0.1, -0.05) is 68.8 Å². The van der Waals surface area contributed by atoms with Gasteiger partial charge in [0.15, 0.2) is 0 Å². The summed E-state index contributed by atoms with van der Waals surface area (Å²) in [4.78, 5) is 23.5. The summed E-state index contributed by atoms with van der Waals surface area (Å²) in [6, 6.07) is 18.8. The van der Waals surface area contributed by atoms with Gasteiger partial charge in [-0.3, -0.25) is 9.80 Å². The van der Waals surface area contributed by atoms with E-state index in [0.29, 0.717) is 11.4 Å². The summed E-state index contributed by atoms with van der Waals surface area (Å²) < 4.78 is 0. The van der Waals surface area contributed by atoms with Crippen molar-refractivity contribution < 1.29 is 9.90 Å². The minimum Gasteiger partial charge on any atom is -0.478 e. The van der Waals surface area contributed by atoms with E-state index >= 15 is 0 Å². The fraction of sp³-hybridized carbons (Fsp3) is 0.400. The minimum atomic E-state index is -0.899. The smallest absolute Gasteiger partial charge is 0.339 e. The van der Waals surface area contributed by atoms with Crippen molar-refractivity contribution in [2.45, 2.75) is 46.3 Å². The lowest BCUT2D eigenvalue weighted by atomic mass is 9.98. The lowest BCUT2D eigenvalue weighted by Gasteiger charge is -2.36. The maximum Gasteiger partial charge on any atom is 0.339 e. The van der Waals surface area contributed by atoms with Crippen LogP contribution >= 0.6 is 11.6 Å². The average Bonchev–Trinajstić information content (AvgIpc) is 2.90. The standard InChI is InChI=1S/C30H37ClN4O2/c1-4-33(20-25-9-11-26(31)12-10-25)19-23-5-7-24(8-6-23)21-34-15-17-35(18-16-34)29-28(30(36)37)27(22(2)3)13-14-32-29/h5-14,22H,4,15-21H2,1-3H3,(H,36,37). The zero-order chi connectivity index (χ0) is 26.4. The van der Waals surface area contributed by atoms with E-state index in [1.54, 1.807) is 6.20 Å². The molecule has 3 aromatic rings. The SMILES string of the molecule is CCN(Cc1ccc(Cl)cc1)Cc1ccc(CN2CCN(c3nccc(C(C)C)c3C(=O)O)CC2)cc1. The van der Waals surface area contributed by atoms with Crippen molar-refractivity contribution in [2.75, 3.05) is 37.6 Å². The van der Waals surface area contributed by atoms with E-state index in [2.05, 4.69) is 63.0 Å². The topological polar surface area (TPSA) is 59.9 Å². The van der Waals surface area contributed by atoms with Crippen LogP contribution in [0.15, 0.2) is 60.8 Å². The second kappa shape index (κ2) is 12.5. The number of carboxylic acids is 1. The Morgan fingerprint density at radius 2 is 1.51 bits per heavy atom. The van der Waals surface area contributed by atoms with Gasteiger partial charge in [0.1, 0.15) is 11.4 Å². The Kier molecular flexibility index (Phi) is 9.19. The maximum atomic E-state index is 12.0. The van der Waals surface area contributed by atoms with E-state index in [1.807, 2.05) is 32.0 Å². The van der Waals surface area contributed by atoms with E-state index < -0.39 is 5.97 Å². The van der Waals surface area contributed by atoms with Crippen molar-refractivity contribution in [2.24, 2.45) is 0 Å². The molecule has 0 aliphatic carbocycles. The number of aromatic carboxylic acids is 1. The predicted molar refractivity (Wildman–Crippen MR) is 150 cm³/mol. The summed E-state index contributed by atoms with van der Waals surface area (Å²) in [6.07, 6.45) is 1.74. The van der Waals surface area contributed by atoms with Gasteiger partial charge < -0.3 is 10.0 Å². The highest BCUT2D eigenvalue weighted by atomic mass is 35.5. The van der Waals surface area contributed by atoms with Gasteiger partial charge in [0.25, 0.3) is 0 Å². The molecule has 1 aromatic heterocycles. The Hall–Kier alpha value is -2.93. The molecule has 4 rings (SSSR count). The van der Waals surface area contributed by atoms with Gasteiger partial charge in [-0.15, -0.1) is 0 Å². The fourth-order valence-corrected chi connectivity index (χ4v) is 5.04. The van der Waals surface area contributed by atoms with E-state index in [9.17, 15) is 9.90 Å². The van der Waals surface area contributed by atoms with Crippen molar-refractivity contribution in [3.8, 4) is 0 Å². The molecule has 0 bridgehead atoms. The van der Waals surface area contributed by atoms with Crippen molar-refractivity contribution in [1.82, 2.24) is 14.8 Å². The molecule has 1 saturated heterocycles. The van der Waals surface area contributed by atoms with E-state index in [-0.39, 0.29) is 5.92 Å². The number of carbonyl (C=O) groups is 1. The summed E-state index contributed by atoms with van der Waals surface area (Å²) >= 11 is 6.02. The molecular weight excluding hydrogens is 484 g/mol. The van der Waals surface area contributed by atoms with Crippen LogP contribution in [0.4, 0.5) is 5.82 Å². The van der Waals surface area contributed by atoms with Gasteiger partial charge in [-0.25, -0.2) is 9.78 Å². The molecule has 0 saturated carbocycles. The molecule has 7 heteroatoms. The van der Waals surface area contributed by atoms with Crippen LogP contribution in [0, 0.1) is 0 Å². The first-order valence-corrected chi connectivity index (χ1v) is 13.5. The van der Waals surface area contributed by atoms with Gasteiger partial charge in [-0.2, -0.15) is 0 Å². The molecule has 37 heavy (non-hydrogen) atoms. The molecule has 2 aromatic carbocycles. The number of hydrogen-bond donors (Lipinski definition) is 1. The number of piperazine rings is 1. The third kappa shape index (κ3) is 7.10. The molecule has 6 nitrogen and oxygen atoms in total. The summed E-state index contributed by atoms with van der Waals surface area (Å²) in [5.41, 5.74) is 5.06. The normalized spacial score (nSPS) is 14.5. The average molecular weight is 521 g/mol. The molecule has 0 unspecified atom stereocenters. The highest BCUT2D eigenvalue weighted by Gasteiger charge is 2.25. The maximum absolute atomic E-state index is 12.0. The van der Waals surface area contributed by atoms with E-state index in [0.717, 1.165) is 62.9 Å². The second-order valence-electron chi connectivity index (χ2n) is 10.1. The van der Waals surface area contributed by atoms with Crippen molar-refractivity contribution in [3.63, 3.8) is 0 Å². The number of carboxylic acid groups (broad SMARTS) is 1. The van der Waals surface area contributed by atoms with Crippen LogP contribution in [0.2, 0.25) is 5.02 Å². The zero-order valence-electron chi connectivity index (χ0n) is 22.0. The van der Waals surface area contributed by atoms with Crippen LogP contribution < -0.4 is 4.90 Å². The van der Waals surface area contributed by atoms with Gasteiger partial charge in [-0.05, 0) is 52.9 Å². The van der Waals surface area contributed by atoms with Crippen LogP contribution in [0.1, 0.15) is 59.3 Å². The zero-order valence-corrected chi connectivity index (χ0v) is 22.8. The van der Waals surface area contributed by atoms with Gasteiger partial charge in [0.2, 0.25) is 0 Å². The molecule has 0 amide bonds. The lowest BCUT2D eigenvalue weighted by Crippen LogP contribution is -2.46. The number of benzene rings is 2. The van der Waals surface area contributed by atoms with Crippen LogP contribution in [0.5, 0.6) is 0 Å². The number of rotatable bonds is 10. The third-order valence-electron chi connectivity index (χ3n) is 7.07. The van der Waals surface area contributed by atoms with Crippen molar-refractivity contribution >= 4 is 23.4 Å². The summed E-state index contributed by atoms with van der Waals surface area (Å²) in [6.45, 7) is 13.2. The quantitative estimate of drug-likeness (QED) is 0.359. The molecule has 0 atom stereocenters.